The highest BCUT2D eigenvalue weighted by Gasteiger charge is 2.14. The zero-order chi connectivity index (χ0) is 13.0. The van der Waals surface area contributed by atoms with Crippen LogP contribution in [-0.4, -0.2) is 43.7 Å². The summed E-state index contributed by atoms with van der Waals surface area (Å²) in [5.74, 6) is -0.637. The summed E-state index contributed by atoms with van der Waals surface area (Å²) in [6.45, 7) is 3.10. The Morgan fingerprint density at radius 3 is 2.83 bits per heavy atom. The number of amides is 1. The molecule has 1 aliphatic rings. The third-order valence-electron chi connectivity index (χ3n) is 2.67. The maximum absolute atomic E-state index is 12.9. The van der Waals surface area contributed by atoms with Crippen LogP contribution in [0.25, 0.3) is 0 Å². The number of morpholine rings is 1. The third kappa shape index (κ3) is 3.66. The van der Waals surface area contributed by atoms with Crippen LogP contribution in [0.1, 0.15) is 0 Å². The predicted molar refractivity (Wildman–Crippen MR) is 67.3 cm³/mol. The van der Waals surface area contributed by atoms with Crippen molar-refractivity contribution in [2.24, 2.45) is 0 Å². The van der Waals surface area contributed by atoms with Gasteiger partial charge in [-0.2, -0.15) is 0 Å². The number of hydrogen-bond donors (Lipinski definition) is 1. The highest BCUT2D eigenvalue weighted by molar-refractivity contribution is 6.31. The molecule has 0 atom stereocenters. The van der Waals surface area contributed by atoms with Crippen LogP contribution in [-0.2, 0) is 9.53 Å². The van der Waals surface area contributed by atoms with Crippen LogP contribution in [0.4, 0.5) is 10.1 Å². The van der Waals surface area contributed by atoms with Crippen molar-refractivity contribution in [2.75, 3.05) is 38.2 Å². The largest absolute Gasteiger partial charge is 0.379 e. The fourth-order valence-electron chi connectivity index (χ4n) is 1.74. The first-order valence-electron chi connectivity index (χ1n) is 5.70. The van der Waals surface area contributed by atoms with Gasteiger partial charge < -0.3 is 10.1 Å². The molecule has 18 heavy (non-hydrogen) atoms. The van der Waals surface area contributed by atoms with Crippen molar-refractivity contribution in [3.63, 3.8) is 0 Å². The lowest BCUT2D eigenvalue weighted by molar-refractivity contribution is -0.118. The normalized spacial score (nSPS) is 16.6. The summed E-state index contributed by atoms with van der Waals surface area (Å²) in [6.07, 6.45) is 0. The molecule has 1 aromatic rings. The van der Waals surface area contributed by atoms with E-state index >= 15 is 0 Å². The molecule has 0 unspecified atom stereocenters. The minimum absolute atomic E-state index is 0.000766. The summed E-state index contributed by atoms with van der Waals surface area (Å²) in [6, 6.07) is 4.11. The predicted octanol–water partition coefficient (Wildman–Crippen LogP) is 1.75. The number of carbonyl (C=O) groups is 1. The molecule has 0 saturated carbocycles. The molecule has 1 fully saturated rings. The van der Waals surface area contributed by atoms with Crippen molar-refractivity contribution in [3.05, 3.63) is 29.0 Å². The number of nitrogens with zero attached hydrogens (tertiary/aromatic N) is 1. The van der Waals surface area contributed by atoms with Gasteiger partial charge >= 0.3 is 0 Å². The molecule has 4 nitrogen and oxygen atoms in total. The fourth-order valence-corrected chi connectivity index (χ4v) is 1.92. The van der Waals surface area contributed by atoms with Crippen molar-refractivity contribution in [1.29, 1.82) is 0 Å². The zero-order valence-corrected chi connectivity index (χ0v) is 10.5. The Morgan fingerprint density at radius 1 is 1.44 bits per heavy atom. The van der Waals surface area contributed by atoms with E-state index in [0.717, 1.165) is 13.1 Å². The molecule has 0 aliphatic carbocycles. The number of rotatable bonds is 3. The van der Waals surface area contributed by atoms with Crippen LogP contribution in [0, 0.1) is 5.82 Å². The van der Waals surface area contributed by atoms with Gasteiger partial charge in [-0.1, -0.05) is 11.6 Å². The fraction of sp³-hybridized carbons (Fsp3) is 0.417. The molecule has 1 N–H and O–H groups in total. The molecular weight excluding hydrogens is 259 g/mol. The van der Waals surface area contributed by atoms with Gasteiger partial charge in [0.05, 0.1) is 24.8 Å². The van der Waals surface area contributed by atoms with Crippen molar-refractivity contribution >= 4 is 23.2 Å². The molecule has 98 valence electrons. The van der Waals surface area contributed by atoms with E-state index in [1.54, 1.807) is 0 Å². The molecule has 1 aromatic carbocycles. The van der Waals surface area contributed by atoms with E-state index in [0.29, 0.717) is 25.4 Å². The lowest BCUT2D eigenvalue weighted by Crippen LogP contribution is -2.41. The topological polar surface area (TPSA) is 41.6 Å². The molecular formula is C12H14ClFN2O2. The second-order valence-electron chi connectivity index (χ2n) is 4.07. The van der Waals surface area contributed by atoms with Crippen molar-refractivity contribution < 1.29 is 13.9 Å². The van der Waals surface area contributed by atoms with Gasteiger partial charge in [0.2, 0.25) is 5.91 Å². The van der Waals surface area contributed by atoms with E-state index < -0.39 is 5.82 Å². The van der Waals surface area contributed by atoms with Gasteiger partial charge in [0.15, 0.2) is 0 Å². The van der Waals surface area contributed by atoms with Gasteiger partial charge in [-0.05, 0) is 18.2 Å². The van der Waals surface area contributed by atoms with Gasteiger partial charge in [-0.3, -0.25) is 9.69 Å². The second-order valence-corrected chi connectivity index (χ2v) is 4.47. The molecule has 1 aliphatic heterocycles. The maximum atomic E-state index is 12.9. The van der Waals surface area contributed by atoms with E-state index in [9.17, 15) is 9.18 Å². The van der Waals surface area contributed by atoms with Crippen LogP contribution in [0.3, 0.4) is 0 Å². The number of ether oxygens (including phenoxy) is 1. The first-order valence-corrected chi connectivity index (χ1v) is 6.08. The van der Waals surface area contributed by atoms with Crippen molar-refractivity contribution in [1.82, 2.24) is 4.90 Å². The first-order chi connectivity index (χ1) is 8.65. The highest BCUT2D eigenvalue weighted by atomic mass is 35.5. The van der Waals surface area contributed by atoms with Crippen LogP contribution >= 0.6 is 11.6 Å². The Bertz CT molecular complexity index is 436. The quantitative estimate of drug-likeness (QED) is 0.911. The third-order valence-corrected chi connectivity index (χ3v) is 2.96. The number of benzene rings is 1. The highest BCUT2D eigenvalue weighted by Crippen LogP contribution is 2.19. The van der Waals surface area contributed by atoms with E-state index in [2.05, 4.69) is 5.32 Å². The van der Waals surface area contributed by atoms with E-state index in [1.165, 1.54) is 18.2 Å². The minimum atomic E-state index is -0.497. The van der Waals surface area contributed by atoms with E-state index in [-0.39, 0.29) is 10.9 Å². The molecule has 2 rings (SSSR count). The molecule has 1 heterocycles. The molecule has 6 heteroatoms. The Labute approximate surface area is 110 Å². The summed E-state index contributed by atoms with van der Waals surface area (Å²) in [5, 5.41) is 2.68. The molecule has 0 bridgehead atoms. The van der Waals surface area contributed by atoms with Gasteiger partial charge in [-0.15, -0.1) is 0 Å². The Balaban J connectivity index is 1.88. The molecule has 0 radical (unpaired) electrons. The lowest BCUT2D eigenvalue weighted by Gasteiger charge is -2.25. The minimum Gasteiger partial charge on any atom is -0.379 e. The number of carbonyl (C=O) groups excluding carboxylic acids is 1. The number of halogens is 2. The molecule has 0 aromatic heterocycles. The van der Waals surface area contributed by atoms with Gasteiger partial charge in [0, 0.05) is 18.8 Å². The monoisotopic (exact) mass is 272 g/mol. The number of nitrogens with one attached hydrogen (secondary N) is 1. The average molecular weight is 273 g/mol. The van der Waals surface area contributed by atoms with Crippen LogP contribution in [0.2, 0.25) is 5.02 Å². The number of hydrogen-bond acceptors (Lipinski definition) is 3. The van der Waals surface area contributed by atoms with Crippen LogP contribution in [0.15, 0.2) is 18.2 Å². The number of anilines is 1. The molecule has 1 amide bonds. The molecule has 1 saturated heterocycles. The summed E-state index contributed by atoms with van der Waals surface area (Å²) in [4.78, 5) is 13.8. The van der Waals surface area contributed by atoms with Crippen LogP contribution in [0.5, 0.6) is 0 Å². The van der Waals surface area contributed by atoms with E-state index in [1.807, 2.05) is 4.90 Å². The lowest BCUT2D eigenvalue weighted by atomic mass is 10.3. The summed E-state index contributed by atoms with van der Waals surface area (Å²) < 4.78 is 18.1. The Morgan fingerprint density at radius 2 is 2.17 bits per heavy atom. The Hall–Kier alpha value is -1.17. The summed E-state index contributed by atoms with van der Waals surface area (Å²) >= 11 is 5.64. The SMILES string of the molecule is O=C(CN1CCOCC1)Nc1ccc(F)c(Cl)c1. The summed E-state index contributed by atoms with van der Waals surface area (Å²) in [5.41, 5.74) is 0.500. The zero-order valence-electron chi connectivity index (χ0n) is 9.79. The van der Waals surface area contributed by atoms with Gasteiger partial charge in [0.25, 0.3) is 0 Å². The Kier molecular flexibility index (Phi) is 4.52. The second kappa shape index (κ2) is 6.13. The summed E-state index contributed by atoms with van der Waals surface area (Å²) in [7, 11) is 0. The average Bonchev–Trinajstić information content (AvgIpc) is 2.35. The van der Waals surface area contributed by atoms with Gasteiger partial charge in [-0.25, -0.2) is 4.39 Å². The molecule has 0 spiro atoms. The smallest absolute Gasteiger partial charge is 0.238 e. The van der Waals surface area contributed by atoms with Crippen LogP contribution < -0.4 is 5.32 Å². The van der Waals surface area contributed by atoms with E-state index in [4.69, 9.17) is 16.3 Å². The first kappa shape index (κ1) is 13.3. The van der Waals surface area contributed by atoms with Crippen molar-refractivity contribution in [2.45, 2.75) is 0 Å². The van der Waals surface area contributed by atoms with Gasteiger partial charge in [0.1, 0.15) is 5.82 Å². The van der Waals surface area contributed by atoms with Crippen molar-refractivity contribution in [3.8, 4) is 0 Å². The maximum Gasteiger partial charge on any atom is 0.238 e. The standard InChI is InChI=1S/C12H14ClFN2O2/c13-10-7-9(1-2-11(10)14)15-12(17)8-16-3-5-18-6-4-16/h1-2,7H,3-6,8H2,(H,15,17).